The molecule has 0 spiro atoms. The minimum atomic E-state index is -0.161. The fourth-order valence-electron chi connectivity index (χ4n) is 1.06. The van der Waals surface area contributed by atoms with Crippen LogP contribution in [-0.2, 0) is 0 Å². The summed E-state index contributed by atoms with van der Waals surface area (Å²) in [5.74, 6) is -0.161. The van der Waals surface area contributed by atoms with Crippen molar-refractivity contribution in [1.29, 1.82) is 0 Å². The van der Waals surface area contributed by atoms with Crippen molar-refractivity contribution in [3.05, 3.63) is 28.2 Å². The zero-order valence-electron chi connectivity index (χ0n) is 8.03. The Hall–Kier alpha value is -0.520. The molecule has 0 bridgehead atoms. The molecule has 0 heterocycles. The second-order valence-corrected chi connectivity index (χ2v) is 4.37. The zero-order chi connectivity index (χ0) is 11.3. The van der Waals surface area contributed by atoms with Gasteiger partial charge in [0.2, 0.25) is 0 Å². The van der Waals surface area contributed by atoms with E-state index in [4.69, 9.17) is 5.11 Å². The Morgan fingerprint density at radius 3 is 2.93 bits per heavy atom. The number of thiol groups is 1. The van der Waals surface area contributed by atoms with E-state index in [1.54, 1.807) is 18.2 Å². The number of hydrogen-bond donors (Lipinski definition) is 3. The molecule has 0 unspecified atom stereocenters. The molecule has 1 amide bonds. The molecule has 0 aromatic heterocycles. The van der Waals surface area contributed by atoms with Crippen LogP contribution in [0, 0.1) is 0 Å². The normalized spacial score (nSPS) is 10.1. The van der Waals surface area contributed by atoms with Crippen molar-refractivity contribution in [3.8, 4) is 0 Å². The molecule has 0 atom stereocenters. The highest BCUT2D eigenvalue weighted by molar-refractivity contribution is 9.10. The average Bonchev–Trinajstić information content (AvgIpc) is 2.22. The van der Waals surface area contributed by atoms with Gasteiger partial charge in [-0.25, -0.2) is 0 Å². The van der Waals surface area contributed by atoms with Gasteiger partial charge in [0.15, 0.2) is 0 Å². The smallest absolute Gasteiger partial charge is 0.252 e. The minimum absolute atomic E-state index is 0.0774. The third-order valence-corrected chi connectivity index (χ3v) is 2.78. The zero-order valence-corrected chi connectivity index (χ0v) is 10.5. The maximum Gasteiger partial charge on any atom is 0.252 e. The van der Waals surface area contributed by atoms with Crippen LogP contribution in [0.15, 0.2) is 27.6 Å². The number of halogens is 1. The van der Waals surface area contributed by atoms with Gasteiger partial charge in [0.1, 0.15) is 0 Å². The summed E-state index contributed by atoms with van der Waals surface area (Å²) < 4.78 is 0.738. The van der Waals surface area contributed by atoms with E-state index in [1.165, 1.54) is 0 Å². The van der Waals surface area contributed by atoms with E-state index in [9.17, 15) is 4.79 Å². The number of hydrogen-bond acceptors (Lipinski definition) is 3. The number of carbonyl (C=O) groups excluding carboxylic acids is 1. The van der Waals surface area contributed by atoms with Crippen molar-refractivity contribution in [3.63, 3.8) is 0 Å². The first-order valence-corrected chi connectivity index (χ1v) is 5.76. The van der Waals surface area contributed by atoms with Gasteiger partial charge in [-0.2, -0.15) is 0 Å². The lowest BCUT2D eigenvalue weighted by molar-refractivity contribution is 0.0950. The Morgan fingerprint density at radius 1 is 1.53 bits per heavy atom. The molecule has 0 aliphatic rings. The van der Waals surface area contributed by atoms with Crippen LogP contribution in [0.5, 0.6) is 0 Å². The van der Waals surface area contributed by atoms with E-state index < -0.39 is 0 Å². The van der Waals surface area contributed by atoms with Gasteiger partial charge in [0.25, 0.3) is 5.91 Å². The number of carbonyl (C=O) groups is 1. The third-order valence-electron chi connectivity index (χ3n) is 1.82. The summed E-state index contributed by atoms with van der Waals surface area (Å²) in [6, 6.07) is 5.28. The Morgan fingerprint density at radius 2 is 2.27 bits per heavy atom. The Bertz CT molecular complexity index is 357. The molecule has 0 aliphatic heterocycles. The summed E-state index contributed by atoms with van der Waals surface area (Å²) >= 11 is 7.46. The van der Waals surface area contributed by atoms with E-state index in [1.807, 2.05) is 0 Å². The van der Waals surface area contributed by atoms with Crippen molar-refractivity contribution in [2.45, 2.75) is 11.3 Å². The van der Waals surface area contributed by atoms with Gasteiger partial charge in [0, 0.05) is 22.5 Å². The Balaban J connectivity index is 2.68. The third kappa shape index (κ3) is 3.85. The van der Waals surface area contributed by atoms with Crippen LogP contribution in [0.4, 0.5) is 0 Å². The molecule has 1 rings (SSSR count). The fourth-order valence-corrected chi connectivity index (χ4v) is 1.69. The topological polar surface area (TPSA) is 49.3 Å². The van der Waals surface area contributed by atoms with E-state index in [0.717, 1.165) is 9.37 Å². The minimum Gasteiger partial charge on any atom is -0.396 e. The summed E-state index contributed by atoms with van der Waals surface area (Å²) in [6.07, 6.45) is 0.559. The molecule has 0 saturated carbocycles. The summed E-state index contributed by atoms with van der Waals surface area (Å²) in [4.78, 5) is 12.4. The molecule has 82 valence electrons. The number of nitrogens with one attached hydrogen (secondary N) is 1. The van der Waals surface area contributed by atoms with Gasteiger partial charge < -0.3 is 10.4 Å². The summed E-state index contributed by atoms with van der Waals surface area (Å²) in [6.45, 7) is 0.548. The molecule has 0 fully saturated rings. The lowest BCUT2D eigenvalue weighted by Gasteiger charge is -2.06. The average molecular weight is 290 g/mol. The molecule has 0 saturated heterocycles. The SMILES string of the molecule is O=C(NCCCO)c1cc(S)ccc1Br. The number of aliphatic hydroxyl groups is 1. The molecule has 5 heteroatoms. The Labute approximate surface area is 102 Å². The van der Waals surface area contributed by atoms with Crippen LogP contribution in [0.3, 0.4) is 0 Å². The molecule has 1 aromatic carbocycles. The number of rotatable bonds is 4. The largest absolute Gasteiger partial charge is 0.396 e. The Kier molecular flexibility index (Phi) is 5.14. The second-order valence-electron chi connectivity index (χ2n) is 3.00. The van der Waals surface area contributed by atoms with Gasteiger partial charge in [0.05, 0.1) is 5.56 Å². The monoisotopic (exact) mass is 289 g/mol. The van der Waals surface area contributed by atoms with Gasteiger partial charge in [-0.05, 0) is 40.5 Å². The van der Waals surface area contributed by atoms with Crippen LogP contribution >= 0.6 is 28.6 Å². The number of aliphatic hydroxyl groups excluding tert-OH is 1. The van der Waals surface area contributed by atoms with Crippen LogP contribution in [-0.4, -0.2) is 24.2 Å². The van der Waals surface area contributed by atoms with E-state index in [2.05, 4.69) is 33.9 Å². The van der Waals surface area contributed by atoms with Gasteiger partial charge in [-0.15, -0.1) is 12.6 Å². The van der Waals surface area contributed by atoms with Crippen LogP contribution in [0.2, 0.25) is 0 Å². The first kappa shape index (κ1) is 12.5. The van der Waals surface area contributed by atoms with Gasteiger partial charge in [-0.3, -0.25) is 4.79 Å². The molecule has 0 aliphatic carbocycles. The standard InChI is InChI=1S/C10H12BrNO2S/c11-9-3-2-7(15)6-8(9)10(14)12-4-1-5-13/h2-3,6,13,15H,1,4-5H2,(H,12,14). The first-order chi connectivity index (χ1) is 7.15. The molecular formula is C10H12BrNO2S. The van der Waals surface area contributed by atoms with Crippen molar-refractivity contribution >= 4 is 34.5 Å². The molecule has 1 aromatic rings. The highest BCUT2D eigenvalue weighted by Gasteiger charge is 2.09. The summed E-state index contributed by atoms with van der Waals surface area (Å²) in [5.41, 5.74) is 0.556. The van der Waals surface area contributed by atoms with Crippen LogP contribution in [0.1, 0.15) is 16.8 Å². The lowest BCUT2D eigenvalue weighted by Crippen LogP contribution is -2.25. The maximum absolute atomic E-state index is 11.6. The predicted molar refractivity (Wildman–Crippen MR) is 65.4 cm³/mol. The quantitative estimate of drug-likeness (QED) is 0.585. The van der Waals surface area contributed by atoms with Crippen LogP contribution < -0.4 is 5.32 Å². The molecule has 2 N–H and O–H groups in total. The highest BCUT2D eigenvalue weighted by atomic mass is 79.9. The van der Waals surface area contributed by atoms with E-state index >= 15 is 0 Å². The molecular weight excluding hydrogens is 278 g/mol. The fraction of sp³-hybridized carbons (Fsp3) is 0.300. The van der Waals surface area contributed by atoms with Crippen molar-refractivity contribution in [1.82, 2.24) is 5.32 Å². The first-order valence-electron chi connectivity index (χ1n) is 4.52. The number of benzene rings is 1. The van der Waals surface area contributed by atoms with E-state index in [0.29, 0.717) is 18.5 Å². The maximum atomic E-state index is 11.6. The van der Waals surface area contributed by atoms with Crippen molar-refractivity contribution in [2.75, 3.05) is 13.2 Å². The van der Waals surface area contributed by atoms with E-state index in [-0.39, 0.29) is 12.5 Å². The van der Waals surface area contributed by atoms with Crippen LogP contribution in [0.25, 0.3) is 0 Å². The van der Waals surface area contributed by atoms with Gasteiger partial charge >= 0.3 is 0 Å². The van der Waals surface area contributed by atoms with Gasteiger partial charge in [-0.1, -0.05) is 0 Å². The lowest BCUT2D eigenvalue weighted by atomic mass is 10.2. The van der Waals surface area contributed by atoms with Crippen molar-refractivity contribution < 1.29 is 9.90 Å². The molecule has 15 heavy (non-hydrogen) atoms. The van der Waals surface area contributed by atoms with Crippen molar-refractivity contribution in [2.24, 2.45) is 0 Å². The molecule has 0 radical (unpaired) electrons. The highest BCUT2D eigenvalue weighted by Crippen LogP contribution is 2.19. The summed E-state index contributed by atoms with van der Waals surface area (Å²) in [5, 5.41) is 11.3. The second kappa shape index (κ2) is 6.15. The number of amides is 1. The summed E-state index contributed by atoms with van der Waals surface area (Å²) in [7, 11) is 0. The molecule has 3 nitrogen and oxygen atoms in total. The predicted octanol–water partition coefficient (Wildman–Crippen LogP) is 1.85.